The first kappa shape index (κ1) is 45.7. The summed E-state index contributed by atoms with van der Waals surface area (Å²) in [7, 11) is 0. The Balaban J connectivity index is 1.53. The lowest BCUT2D eigenvalue weighted by Crippen LogP contribution is -2.55. The zero-order valence-corrected chi connectivity index (χ0v) is 34.3. The minimum absolute atomic E-state index is 0.0388. The molecule has 0 aliphatic heterocycles. The van der Waals surface area contributed by atoms with Gasteiger partial charge in [0.2, 0.25) is 0 Å². The second-order valence-electron chi connectivity index (χ2n) is 17.3. The van der Waals surface area contributed by atoms with Crippen molar-refractivity contribution >= 4 is 18.2 Å². The number of amides is 2. The van der Waals surface area contributed by atoms with E-state index in [2.05, 4.69) is 23.8 Å². The van der Waals surface area contributed by atoms with E-state index in [-0.39, 0.29) is 50.4 Å². The van der Waals surface area contributed by atoms with Crippen LogP contribution in [-0.2, 0) is 38.3 Å². The van der Waals surface area contributed by atoms with Crippen LogP contribution in [0.5, 0.6) is 0 Å². The molecule has 0 spiro atoms. The number of esters is 1. The van der Waals surface area contributed by atoms with Gasteiger partial charge in [-0.05, 0) is 110 Å². The lowest BCUT2D eigenvalue weighted by molar-refractivity contribution is -0.300. The molecule has 12 nitrogen and oxygen atoms in total. The summed E-state index contributed by atoms with van der Waals surface area (Å²) in [6.45, 7) is 20.7. The van der Waals surface area contributed by atoms with Gasteiger partial charge in [-0.15, -0.1) is 0 Å². The first-order valence-electron chi connectivity index (χ1n) is 20.5. The summed E-state index contributed by atoms with van der Waals surface area (Å²) in [6.07, 6.45) is 13.0. The van der Waals surface area contributed by atoms with E-state index in [0.29, 0.717) is 25.0 Å². The quantitative estimate of drug-likeness (QED) is 0.0210. The van der Waals surface area contributed by atoms with E-state index in [1.165, 1.54) is 38.5 Å². The number of carbonyl (C=O) groups is 3. The summed E-state index contributed by atoms with van der Waals surface area (Å²) < 4.78 is 29.0. The maximum atomic E-state index is 13.3. The third kappa shape index (κ3) is 17.4. The fourth-order valence-corrected chi connectivity index (χ4v) is 7.82. The van der Waals surface area contributed by atoms with Crippen LogP contribution < -0.4 is 10.6 Å². The molecule has 0 aromatic heterocycles. The average molecular weight is 765 g/mol. The van der Waals surface area contributed by atoms with Crippen molar-refractivity contribution in [2.45, 2.75) is 155 Å². The highest BCUT2D eigenvalue weighted by Gasteiger charge is 2.41. The van der Waals surface area contributed by atoms with Crippen LogP contribution in [0.4, 0.5) is 9.59 Å². The Morgan fingerprint density at radius 1 is 0.630 bits per heavy atom. The van der Waals surface area contributed by atoms with Crippen molar-refractivity contribution in [2.24, 2.45) is 23.7 Å². The Kier molecular flexibility index (Phi) is 19.8. The monoisotopic (exact) mass is 765 g/mol. The van der Waals surface area contributed by atoms with Gasteiger partial charge < -0.3 is 34.3 Å². The van der Waals surface area contributed by atoms with E-state index in [9.17, 15) is 14.4 Å². The van der Waals surface area contributed by atoms with Gasteiger partial charge in [0.05, 0.1) is 13.2 Å². The largest absolute Gasteiger partial charge is 0.458 e. The van der Waals surface area contributed by atoms with Gasteiger partial charge in [0.1, 0.15) is 19.8 Å². The fraction of sp³-hybridized carbons (Fsp3) is 0.833. The predicted molar refractivity (Wildman–Crippen MR) is 208 cm³/mol. The van der Waals surface area contributed by atoms with Crippen molar-refractivity contribution in [3.63, 3.8) is 0 Å². The van der Waals surface area contributed by atoms with Crippen molar-refractivity contribution in [1.29, 1.82) is 0 Å². The molecule has 4 unspecified atom stereocenters. The van der Waals surface area contributed by atoms with Crippen LogP contribution >= 0.6 is 0 Å². The molecule has 0 aromatic rings. The Morgan fingerprint density at radius 3 is 1.54 bits per heavy atom. The Morgan fingerprint density at radius 2 is 1.09 bits per heavy atom. The van der Waals surface area contributed by atoms with Crippen LogP contribution in [0.3, 0.4) is 0 Å². The van der Waals surface area contributed by atoms with Gasteiger partial charge in [-0.25, -0.2) is 24.2 Å². The summed E-state index contributed by atoms with van der Waals surface area (Å²) in [5, 5.41) is 6.21. The van der Waals surface area contributed by atoms with Crippen LogP contribution in [0, 0.1) is 23.7 Å². The highest BCUT2D eigenvalue weighted by molar-refractivity contribution is 5.86. The van der Waals surface area contributed by atoms with E-state index in [1.54, 1.807) is 6.92 Å². The molecule has 0 heterocycles. The molecule has 0 aromatic carbocycles. The lowest BCUT2D eigenvalue weighted by Gasteiger charge is -2.45. The van der Waals surface area contributed by atoms with Gasteiger partial charge in [0, 0.05) is 29.9 Å². The fourth-order valence-electron chi connectivity index (χ4n) is 7.82. The zero-order chi connectivity index (χ0) is 39.6. The summed E-state index contributed by atoms with van der Waals surface area (Å²) >= 11 is 0. The molecule has 2 amide bonds. The van der Waals surface area contributed by atoms with Crippen molar-refractivity contribution in [3.8, 4) is 0 Å². The van der Waals surface area contributed by atoms with Crippen molar-refractivity contribution in [3.05, 3.63) is 24.3 Å². The smallest absolute Gasteiger partial charge is 0.408 e. The van der Waals surface area contributed by atoms with Gasteiger partial charge in [-0.2, -0.15) is 0 Å². The molecule has 0 saturated heterocycles. The maximum absolute atomic E-state index is 13.3. The molecule has 2 N–H and O–H groups in total. The number of hydrogen-bond acceptors (Lipinski definition) is 10. The minimum Gasteiger partial charge on any atom is -0.458 e. The maximum Gasteiger partial charge on any atom is 0.408 e. The zero-order valence-electron chi connectivity index (χ0n) is 34.3. The van der Waals surface area contributed by atoms with Crippen LogP contribution in [0.25, 0.3) is 0 Å². The van der Waals surface area contributed by atoms with Gasteiger partial charge in [0.25, 0.3) is 0 Å². The van der Waals surface area contributed by atoms with E-state index >= 15 is 0 Å². The first-order chi connectivity index (χ1) is 25.6. The summed E-state index contributed by atoms with van der Waals surface area (Å²) in [5.41, 5.74) is -0.111. The molecule has 310 valence electrons. The average Bonchev–Trinajstić information content (AvgIpc) is 3.12. The molecular formula is C42H72N2O10. The highest BCUT2D eigenvalue weighted by Crippen LogP contribution is 2.40. The Labute approximate surface area is 325 Å². The van der Waals surface area contributed by atoms with Crippen LogP contribution in [0.15, 0.2) is 24.3 Å². The summed E-state index contributed by atoms with van der Waals surface area (Å²) in [6, 6.07) is 0. The number of alkyl carbamates (subject to hydrolysis) is 2. The third-order valence-corrected chi connectivity index (χ3v) is 11.3. The second kappa shape index (κ2) is 23.4. The van der Waals surface area contributed by atoms with Gasteiger partial charge >= 0.3 is 18.2 Å². The SMILES string of the molecule is C=C(C)COOCC(COCC1CCCCC1)OC(=O)NC(C)(C)C1CCCC(C(C)(C)NC(=O)OC(COCC2CCCCC2)COC(=O)C(=C)C)C1. The molecule has 4 atom stereocenters. The van der Waals surface area contributed by atoms with E-state index in [0.717, 1.165) is 56.9 Å². The van der Waals surface area contributed by atoms with Gasteiger partial charge in [0.15, 0.2) is 12.2 Å². The van der Waals surface area contributed by atoms with E-state index in [4.69, 9.17) is 33.5 Å². The van der Waals surface area contributed by atoms with Crippen molar-refractivity contribution in [2.75, 3.05) is 46.2 Å². The van der Waals surface area contributed by atoms with Crippen LogP contribution in [-0.4, -0.2) is 87.7 Å². The minimum atomic E-state index is -0.759. The molecule has 3 aliphatic carbocycles. The normalized spacial score (nSPS) is 21.4. The lowest BCUT2D eigenvalue weighted by atomic mass is 9.67. The predicted octanol–water partition coefficient (Wildman–Crippen LogP) is 8.38. The molecule has 3 rings (SSSR count). The molecule has 3 fully saturated rings. The van der Waals surface area contributed by atoms with Gasteiger partial charge in [-0.1, -0.05) is 63.7 Å². The molecule has 0 radical (unpaired) electrons. The number of ether oxygens (including phenoxy) is 5. The molecular weight excluding hydrogens is 692 g/mol. The first-order valence-corrected chi connectivity index (χ1v) is 20.5. The number of nitrogens with one attached hydrogen (secondary N) is 2. The number of rotatable bonds is 22. The number of hydrogen-bond donors (Lipinski definition) is 2. The molecule has 0 bridgehead atoms. The topological polar surface area (TPSA) is 140 Å². The Hall–Kier alpha value is -2.67. The highest BCUT2D eigenvalue weighted by atomic mass is 17.2. The van der Waals surface area contributed by atoms with Crippen LogP contribution in [0.1, 0.15) is 131 Å². The molecule has 3 aliphatic rings. The Bertz CT molecular complexity index is 1180. The van der Waals surface area contributed by atoms with Gasteiger partial charge in [-0.3, -0.25) is 0 Å². The number of carbonyl (C=O) groups excluding carboxylic acids is 3. The molecule has 3 saturated carbocycles. The molecule has 54 heavy (non-hydrogen) atoms. The van der Waals surface area contributed by atoms with Crippen molar-refractivity contribution < 1.29 is 47.8 Å². The van der Waals surface area contributed by atoms with Crippen LogP contribution in [0.2, 0.25) is 0 Å². The summed E-state index contributed by atoms with van der Waals surface area (Å²) in [5.74, 6) is 0.731. The standard InChI is InChI=1S/C42H72N2O10/c1-30(2)23-51-52-29-37(27-49-25-33-18-13-10-14-19-33)54-40(47)44-42(7,8)35-21-15-20-34(22-35)41(5,6)43-39(46)53-36(28-50-38(45)31(3)4)26-48-24-32-16-11-9-12-17-32/h32-37H,1,3,9-29H2,2,4-8H3,(H,43,46)(H,44,47). The third-order valence-electron chi connectivity index (χ3n) is 11.3. The summed E-state index contributed by atoms with van der Waals surface area (Å²) in [4.78, 5) is 49.3. The molecule has 12 heteroatoms. The van der Waals surface area contributed by atoms with E-state index < -0.39 is 41.4 Å². The second-order valence-corrected chi connectivity index (χ2v) is 17.3. The van der Waals surface area contributed by atoms with E-state index in [1.807, 2.05) is 34.6 Å². The van der Waals surface area contributed by atoms with Crippen molar-refractivity contribution in [1.82, 2.24) is 10.6 Å².